The maximum absolute atomic E-state index is 13.6. The number of amides is 1. The Labute approximate surface area is 239 Å². The minimum atomic E-state index is -1.50. The molecule has 2 aliphatic rings. The summed E-state index contributed by atoms with van der Waals surface area (Å²) < 4.78 is 33.2. The number of piperidine rings is 1. The number of hydrogen-bond donors (Lipinski definition) is 1. The van der Waals surface area contributed by atoms with Crippen LogP contribution in [0.25, 0.3) is 10.8 Å². The van der Waals surface area contributed by atoms with E-state index in [1.807, 2.05) is 42.5 Å². The molecule has 2 aliphatic heterocycles. The monoisotopic (exact) mass is 556 g/mol. The van der Waals surface area contributed by atoms with Gasteiger partial charge in [0, 0.05) is 37.2 Å². The van der Waals surface area contributed by atoms with Crippen LogP contribution in [0.1, 0.15) is 49.7 Å². The van der Waals surface area contributed by atoms with Gasteiger partial charge in [-0.25, -0.2) is 18.5 Å². The second-order valence-corrected chi connectivity index (χ2v) is 11.4. The molecule has 1 N–H and O–H groups in total. The topological polar surface area (TPSA) is 53.0 Å². The van der Waals surface area contributed by atoms with Crippen LogP contribution >= 0.6 is 0 Å². The Morgan fingerprint density at radius 3 is 2.07 bits per heavy atom. The molecule has 0 aromatic heterocycles. The molecule has 2 fully saturated rings. The zero-order valence-corrected chi connectivity index (χ0v) is 23.1. The van der Waals surface area contributed by atoms with Crippen LogP contribution in [0, 0.1) is 11.6 Å². The summed E-state index contributed by atoms with van der Waals surface area (Å²) in [5.41, 5.74) is 0.139. The number of hydrogen-bond acceptors (Lipinski definition) is 4. The fourth-order valence-corrected chi connectivity index (χ4v) is 6.58. The fraction of sp³-hybridized carbons (Fsp3) is 0.324. The predicted molar refractivity (Wildman–Crippen MR) is 156 cm³/mol. The van der Waals surface area contributed by atoms with E-state index in [1.165, 1.54) is 29.2 Å². The van der Waals surface area contributed by atoms with E-state index in [2.05, 4.69) is 4.90 Å². The standard InChI is InChI=1S/C34H34F2N2O3/c1-33(40)34(41-32(39)38(33)31-10-4-7-24-6-2-3-8-30(24)31)19-22-37(23-20-34)21-5-9-29(25-11-15-27(35)16-12-25)26-13-17-28(36)18-14-26/h2-4,6-8,10-18,29,40H,5,9,19-23H2,1H3. The van der Waals surface area contributed by atoms with Crippen LogP contribution in [0.3, 0.4) is 0 Å². The number of likely N-dealkylation sites (tertiary alicyclic amines) is 1. The van der Waals surface area contributed by atoms with Gasteiger partial charge >= 0.3 is 6.09 Å². The number of halogens is 2. The molecule has 2 saturated heterocycles. The molecule has 1 unspecified atom stereocenters. The summed E-state index contributed by atoms with van der Waals surface area (Å²) >= 11 is 0. The van der Waals surface area contributed by atoms with Crippen LogP contribution in [0.4, 0.5) is 19.3 Å². The summed E-state index contributed by atoms with van der Waals surface area (Å²) in [6.45, 7) is 3.89. The van der Waals surface area contributed by atoms with Crippen LogP contribution in [0.2, 0.25) is 0 Å². The van der Waals surface area contributed by atoms with E-state index >= 15 is 0 Å². The second-order valence-electron chi connectivity index (χ2n) is 11.4. The molecule has 41 heavy (non-hydrogen) atoms. The zero-order valence-electron chi connectivity index (χ0n) is 23.1. The van der Waals surface area contributed by atoms with Gasteiger partial charge < -0.3 is 14.7 Å². The largest absolute Gasteiger partial charge is 0.437 e. The van der Waals surface area contributed by atoms with Gasteiger partial charge in [-0.1, -0.05) is 60.7 Å². The predicted octanol–water partition coefficient (Wildman–Crippen LogP) is 7.23. The first kappa shape index (κ1) is 27.4. The summed E-state index contributed by atoms with van der Waals surface area (Å²) in [6, 6.07) is 26.6. The summed E-state index contributed by atoms with van der Waals surface area (Å²) in [5, 5.41) is 13.7. The molecule has 0 aliphatic carbocycles. The number of aliphatic hydroxyl groups is 1. The number of carbonyl (C=O) groups is 1. The highest BCUT2D eigenvalue weighted by atomic mass is 19.1. The first-order valence-corrected chi connectivity index (χ1v) is 14.2. The van der Waals surface area contributed by atoms with Crippen LogP contribution in [-0.2, 0) is 4.74 Å². The van der Waals surface area contributed by atoms with Crippen LogP contribution in [0.5, 0.6) is 0 Å². The minimum absolute atomic E-state index is 0.0260. The van der Waals surface area contributed by atoms with Crippen LogP contribution < -0.4 is 4.90 Å². The number of benzene rings is 4. The van der Waals surface area contributed by atoms with E-state index in [4.69, 9.17) is 4.74 Å². The molecular formula is C34H34F2N2O3. The maximum Gasteiger partial charge on any atom is 0.417 e. The number of rotatable bonds is 7. The van der Waals surface area contributed by atoms with Crippen molar-refractivity contribution in [1.29, 1.82) is 0 Å². The Morgan fingerprint density at radius 1 is 0.854 bits per heavy atom. The van der Waals surface area contributed by atoms with Crippen molar-refractivity contribution in [3.63, 3.8) is 0 Å². The number of anilines is 1. The van der Waals surface area contributed by atoms with E-state index < -0.39 is 17.4 Å². The molecule has 2 heterocycles. The lowest BCUT2D eigenvalue weighted by Gasteiger charge is -2.45. The highest BCUT2D eigenvalue weighted by molar-refractivity contribution is 6.03. The molecule has 5 nitrogen and oxygen atoms in total. The molecule has 1 amide bonds. The van der Waals surface area contributed by atoms with E-state index in [-0.39, 0.29) is 17.6 Å². The molecule has 0 bridgehead atoms. The van der Waals surface area contributed by atoms with Gasteiger partial charge in [0.1, 0.15) is 11.6 Å². The summed E-state index contributed by atoms with van der Waals surface area (Å²) in [6.07, 6.45) is 2.21. The highest BCUT2D eigenvalue weighted by Gasteiger charge is 2.63. The Kier molecular flexibility index (Phi) is 7.26. The van der Waals surface area contributed by atoms with E-state index in [1.54, 1.807) is 31.2 Å². The smallest absolute Gasteiger partial charge is 0.417 e. The molecule has 6 rings (SSSR count). The normalized spacial score (nSPS) is 20.7. The molecular weight excluding hydrogens is 522 g/mol. The second kappa shape index (κ2) is 10.9. The van der Waals surface area contributed by atoms with Gasteiger partial charge in [0.15, 0.2) is 11.3 Å². The fourth-order valence-electron chi connectivity index (χ4n) is 6.58. The molecule has 1 atom stereocenters. The van der Waals surface area contributed by atoms with Gasteiger partial charge in [-0.3, -0.25) is 0 Å². The third kappa shape index (κ3) is 5.09. The molecule has 7 heteroatoms. The lowest BCUT2D eigenvalue weighted by atomic mass is 9.81. The molecule has 212 valence electrons. The molecule has 4 aromatic rings. The molecule has 0 saturated carbocycles. The van der Waals surface area contributed by atoms with Crippen molar-refractivity contribution in [1.82, 2.24) is 4.90 Å². The molecule has 1 spiro atoms. The minimum Gasteiger partial charge on any atom is -0.437 e. The number of nitrogens with zero attached hydrogens (tertiary/aromatic N) is 2. The van der Waals surface area contributed by atoms with E-state index in [0.29, 0.717) is 31.6 Å². The average molecular weight is 557 g/mol. The Balaban J connectivity index is 1.12. The maximum atomic E-state index is 13.6. The molecule has 0 radical (unpaired) electrons. The van der Waals surface area contributed by atoms with Crippen molar-refractivity contribution in [3.05, 3.63) is 114 Å². The van der Waals surface area contributed by atoms with Crippen molar-refractivity contribution in [2.75, 3.05) is 24.5 Å². The van der Waals surface area contributed by atoms with Crippen molar-refractivity contribution in [2.45, 2.75) is 49.9 Å². The van der Waals surface area contributed by atoms with Gasteiger partial charge in [-0.05, 0) is 73.2 Å². The van der Waals surface area contributed by atoms with Crippen molar-refractivity contribution < 1.29 is 23.4 Å². The summed E-state index contributed by atoms with van der Waals surface area (Å²) in [7, 11) is 0. The lowest BCUT2D eigenvalue weighted by molar-refractivity contribution is -0.125. The zero-order chi connectivity index (χ0) is 28.6. The van der Waals surface area contributed by atoms with Gasteiger partial charge in [0.05, 0.1) is 5.69 Å². The Hall–Kier alpha value is -3.81. The third-order valence-corrected chi connectivity index (χ3v) is 8.95. The number of fused-ring (bicyclic) bond motifs is 1. The lowest BCUT2D eigenvalue weighted by Crippen LogP contribution is -2.60. The Morgan fingerprint density at radius 2 is 1.44 bits per heavy atom. The van der Waals surface area contributed by atoms with Crippen molar-refractivity contribution in [3.8, 4) is 0 Å². The Bertz CT molecular complexity index is 1480. The van der Waals surface area contributed by atoms with E-state index in [0.717, 1.165) is 41.3 Å². The van der Waals surface area contributed by atoms with Crippen LogP contribution in [0.15, 0.2) is 91.0 Å². The SMILES string of the molecule is CC1(O)N(c2cccc3ccccc23)C(=O)OC12CCN(CCCC(c1ccc(F)cc1)c1ccc(F)cc1)CC2. The molecule has 4 aromatic carbocycles. The van der Waals surface area contributed by atoms with E-state index in [9.17, 15) is 18.7 Å². The summed E-state index contributed by atoms with van der Waals surface area (Å²) in [4.78, 5) is 17.0. The number of carbonyl (C=O) groups excluding carboxylic acids is 1. The first-order valence-electron chi connectivity index (χ1n) is 14.2. The van der Waals surface area contributed by atoms with Crippen molar-refractivity contribution in [2.24, 2.45) is 0 Å². The quantitative estimate of drug-likeness (QED) is 0.261. The van der Waals surface area contributed by atoms with Crippen LogP contribution in [-0.4, -0.2) is 47.1 Å². The highest BCUT2D eigenvalue weighted by Crippen LogP contribution is 2.48. The third-order valence-electron chi connectivity index (χ3n) is 8.95. The van der Waals surface area contributed by atoms with Gasteiger partial charge in [-0.15, -0.1) is 0 Å². The van der Waals surface area contributed by atoms with Gasteiger partial charge in [0.25, 0.3) is 0 Å². The number of ether oxygens (including phenoxy) is 1. The summed E-state index contributed by atoms with van der Waals surface area (Å²) in [5.74, 6) is -0.536. The average Bonchev–Trinajstić information content (AvgIpc) is 3.16. The van der Waals surface area contributed by atoms with Crippen molar-refractivity contribution >= 4 is 22.6 Å². The first-order chi connectivity index (χ1) is 19.8. The van der Waals surface area contributed by atoms with Gasteiger partial charge in [-0.2, -0.15) is 0 Å². The van der Waals surface area contributed by atoms with Gasteiger partial charge in [0.2, 0.25) is 0 Å².